The average molecular weight is 391 g/mol. The van der Waals surface area contributed by atoms with Gasteiger partial charge in [0.1, 0.15) is 0 Å². The molecule has 0 spiro atoms. The zero-order valence-electron chi connectivity index (χ0n) is 18.7. The molecular formula is C27H38N2. The topological polar surface area (TPSA) is 6.48 Å². The summed E-state index contributed by atoms with van der Waals surface area (Å²) in [7, 11) is 0. The summed E-state index contributed by atoms with van der Waals surface area (Å²) in [5, 5.41) is 0. The van der Waals surface area contributed by atoms with Crippen molar-refractivity contribution in [1.29, 1.82) is 0 Å². The normalized spacial score (nSPS) is 14.5. The molecule has 2 nitrogen and oxygen atoms in total. The van der Waals surface area contributed by atoms with Gasteiger partial charge in [-0.3, -0.25) is 0 Å². The van der Waals surface area contributed by atoms with Crippen LogP contribution in [0.5, 0.6) is 0 Å². The summed E-state index contributed by atoms with van der Waals surface area (Å²) in [6.45, 7) is 14.4. The summed E-state index contributed by atoms with van der Waals surface area (Å²) in [6.07, 6.45) is 8.46. The molecule has 2 aromatic carbocycles. The van der Waals surface area contributed by atoms with Crippen LogP contribution in [0.3, 0.4) is 0 Å². The fraction of sp³-hybridized carbons (Fsp3) is 0.481. The molecule has 0 atom stereocenters. The lowest BCUT2D eigenvalue weighted by atomic mass is 10.0. The van der Waals surface area contributed by atoms with Crippen LogP contribution in [0.4, 0.5) is 11.4 Å². The number of hydrogen-bond donors (Lipinski definition) is 0. The third-order valence-electron chi connectivity index (χ3n) is 6.28. The fourth-order valence-corrected chi connectivity index (χ4v) is 4.28. The van der Waals surface area contributed by atoms with E-state index in [0.29, 0.717) is 0 Å². The Bertz CT molecular complexity index is 783. The smallest absolute Gasteiger partial charge is 0.0624 e. The van der Waals surface area contributed by atoms with Crippen LogP contribution in [0.15, 0.2) is 54.7 Å². The number of benzene rings is 2. The first-order valence-corrected chi connectivity index (χ1v) is 11.6. The predicted octanol–water partition coefficient (Wildman–Crippen LogP) is 6.90. The first-order valence-electron chi connectivity index (χ1n) is 11.6. The third kappa shape index (κ3) is 5.44. The Morgan fingerprint density at radius 2 is 1.45 bits per heavy atom. The third-order valence-corrected chi connectivity index (χ3v) is 6.28. The summed E-state index contributed by atoms with van der Waals surface area (Å²) in [6, 6.07) is 16.1. The Kier molecular flexibility index (Phi) is 7.80. The highest BCUT2D eigenvalue weighted by molar-refractivity contribution is 5.68. The molecule has 1 heterocycles. The second-order valence-corrected chi connectivity index (χ2v) is 8.24. The minimum atomic E-state index is 0.853. The first-order chi connectivity index (χ1) is 14.2. The van der Waals surface area contributed by atoms with E-state index in [9.17, 15) is 0 Å². The molecule has 0 N–H and O–H groups in total. The Morgan fingerprint density at radius 1 is 0.828 bits per heavy atom. The summed E-state index contributed by atoms with van der Waals surface area (Å²) in [4.78, 5) is 5.01. The van der Waals surface area contributed by atoms with Crippen molar-refractivity contribution < 1.29 is 0 Å². The minimum Gasteiger partial charge on any atom is -0.374 e. The fourth-order valence-electron chi connectivity index (χ4n) is 4.28. The molecule has 0 bridgehead atoms. The van der Waals surface area contributed by atoms with E-state index in [0.717, 1.165) is 38.9 Å². The van der Waals surface area contributed by atoms with Crippen LogP contribution in [0, 0.1) is 0 Å². The van der Waals surface area contributed by atoms with E-state index in [2.05, 4.69) is 79.6 Å². The maximum Gasteiger partial charge on any atom is 0.0624 e. The number of anilines is 2. The highest BCUT2D eigenvalue weighted by Crippen LogP contribution is 2.32. The first kappa shape index (κ1) is 21.5. The predicted molar refractivity (Wildman–Crippen MR) is 127 cm³/mol. The number of nitrogens with zero attached hydrogens (tertiary/aromatic N) is 2. The maximum atomic E-state index is 4.53. The second-order valence-electron chi connectivity index (χ2n) is 8.24. The van der Waals surface area contributed by atoms with Crippen molar-refractivity contribution in [2.45, 2.75) is 65.7 Å². The van der Waals surface area contributed by atoms with Gasteiger partial charge in [0, 0.05) is 30.2 Å². The van der Waals surface area contributed by atoms with Gasteiger partial charge in [-0.1, -0.05) is 64.5 Å². The Morgan fingerprint density at radius 3 is 2.03 bits per heavy atom. The van der Waals surface area contributed by atoms with Gasteiger partial charge >= 0.3 is 0 Å². The molecule has 1 aliphatic heterocycles. The van der Waals surface area contributed by atoms with Crippen molar-refractivity contribution in [2.24, 2.45) is 0 Å². The van der Waals surface area contributed by atoms with Gasteiger partial charge in [-0.05, 0) is 67.0 Å². The van der Waals surface area contributed by atoms with Crippen molar-refractivity contribution in [3.63, 3.8) is 0 Å². The van der Waals surface area contributed by atoms with E-state index < -0.39 is 0 Å². The van der Waals surface area contributed by atoms with Crippen molar-refractivity contribution in [3.8, 4) is 0 Å². The van der Waals surface area contributed by atoms with E-state index in [1.54, 1.807) is 0 Å². The van der Waals surface area contributed by atoms with Crippen molar-refractivity contribution >= 4 is 11.4 Å². The Labute approximate surface area is 178 Å². The average Bonchev–Trinajstić information content (AvgIpc) is 3.07. The molecule has 156 valence electrons. The van der Waals surface area contributed by atoms with Crippen molar-refractivity contribution in [1.82, 2.24) is 4.90 Å². The van der Waals surface area contributed by atoms with Crippen LogP contribution in [0.25, 0.3) is 0 Å². The van der Waals surface area contributed by atoms with Gasteiger partial charge < -0.3 is 9.80 Å². The zero-order chi connectivity index (χ0) is 20.6. The molecule has 1 aliphatic rings. The molecule has 3 rings (SSSR count). The van der Waals surface area contributed by atoms with Gasteiger partial charge in [0.15, 0.2) is 0 Å². The molecule has 2 aromatic rings. The van der Waals surface area contributed by atoms with Crippen LogP contribution < -0.4 is 4.90 Å². The molecule has 0 unspecified atom stereocenters. The van der Waals surface area contributed by atoms with Gasteiger partial charge in [-0.15, -0.1) is 0 Å². The van der Waals surface area contributed by atoms with E-state index in [1.165, 1.54) is 59.4 Å². The van der Waals surface area contributed by atoms with Gasteiger partial charge in [0.05, 0.1) is 6.54 Å². The van der Waals surface area contributed by atoms with Gasteiger partial charge in [-0.25, -0.2) is 0 Å². The number of aryl methyl sites for hydroxylation is 3. The van der Waals surface area contributed by atoms with Gasteiger partial charge in [0.2, 0.25) is 0 Å². The standard InChI is InChI=1S/C27H38N2/c1-5-23-13-16-26(17-14-23)29(21-22(4)28-18-10-8-9-11-19-28)27-20-24(6-2)12-15-25(27)7-3/h12-17,20H,4-11,18-19,21H2,1-3H3. The molecule has 1 fully saturated rings. The summed E-state index contributed by atoms with van der Waals surface area (Å²) < 4.78 is 0. The van der Waals surface area contributed by atoms with Crippen LogP contribution in [0.2, 0.25) is 0 Å². The van der Waals surface area contributed by atoms with Crippen molar-refractivity contribution in [3.05, 3.63) is 71.4 Å². The van der Waals surface area contributed by atoms with E-state index in [-0.39, 0.29) is 0 Å². The Hall–Kier alpha value is -2.22. The van der Waals surface area contributed by atoms with Crippen molar-refractivity contribution in [2.75, 3.05) is 24.5 Å². The lowest BCUT2D eigenvalue weighted by Gasteiger charge is -2.33. The van der Waals surface area contributed by atoms with Crippen LogP contribution in [-0.4, -0.2) is 24.5 Å². The SMILES string of the molecule is C=C(CN(c1ccc(CC)cc1)c1cc(CC)ccc1CC)N1CCCCCC1. The number of hydrogen-bond acceptors (Lipinski definition) is 2. The molecule has 0 aromatic heterocycles. The number of rotatable bonds is 8. The molecule has 1 saturated heterocycles. The zero-order valence-corrected chi connectivity index (χ0v) is 18.7. The number of likely N-dealkylation sites (tertiary alicyclic amines) is 1. The lowest BCUT2D eigenvalue weighted by Crippen LogP contribution is -2.31. The van der Waals surface area contributed by atoms with E-state index in [4.69, 9.17) is 0 Å². The van der Waals surface area contributed by atoms with Crippen LogP contribution in [0.1, 0.15) is 63.1 Å². The maximum absolute atomic E-state index is 4.53. The largest absolute Gasteiger partial charge is 0.374 e. The molecule has 0 amide bonds. The highest BCUT2D eigenvalue weighted by atomic mass is 15.2. The second kappa shape index (κ2) is 10.5. The van der Waals surface area contributed by atoms with Gasteiger partial charge in [-0.2, -0.15) is 0 Å². The summed E-state index contributed by atoms with van der Waals surface area (Å²) >= 11 is 0. The molecule has 29 heavy (non-hydrogen) atoms. The molecule has 0 saturated carbocycles. The van der Waals surface area contributed by atoms with Crippen LogP contribution in [-0.2, 0) is 19.3 Å². The molecule has 0 radical (unpaired) electrons. The Balaban J connectivity index is 1.96. The molecular weight excluding hydrogens is 352 g/mol. The highest BCUT2D eigenvalue weighted by Gasteiger charge is 2.18. The van der Waals surface area contributed by atoms with E-state index in [1.807, 2.05) is 0 Å². The minimum absolute atomic E-state index is 0.853. The van der Waals surface area contributed by atoms with E-state index >= 15 is 0 Å². The summed E-state index contributed by atoms with van der Waals surface area (Å²) in [5.41, 5.74) is 8.04. The molecule has 0 aliphatic carbocycles. The molecule has 2 heteroatoms. The van der Waals surface area contributed by atoms with Crippen LogP contribution >= 0.6 is 0 Å². The quantitative estimate of drug-likeness (QED) is 0.483. The monoisotopic (exact) mass is 390 g/mol. The van der Waals surface area contributed by atoms with Gasteiger partial charge in [0.25, 0.3) is 0 Å². The summed E-state index contributed by atoms with van der Waals surface area (Å²) in [5.74, 6) is 0. The lowest BCUT2D eigenvalue weighted by molar-refractivity contribution is 0.355.